The Morgan fingerprint density at radius 3 is 2.52 bits per heavy atom. The molecule has 2 heteroatoms. The number of esters is 1. The Kier molecular flexibility index (Phi) is 6.68. The molecule has 2 nitrogen and oxygen atoms in total. The van der Waals surface area contributed by atoms with Gasteiger partial charge in [0.1, 0.15) is 6.10 Å². The van der Waals surface area contributed by atoms with Crippen molar-refractivity contribution in [2.45, 2.75) is 125 Å². The van der Waals surface area contributed by atoms with Gasteiger partial charge in [0.15, 0.2) is 0 Å². The van der Waals surface area contributed by atoms with Crippen LogP contribution in [0.2, 0.25) is 0 Å². The van der Waals surface area contributed by atoms with Gasteiger partial charge in [-0.3, -0.25) is 4.79 Å². The Hall–Kier alpha value is -0.790. The van der Waals surface area contributed by atoms with E-state index in [9.17, 15) is 4.79 Å². The minimum absolute atomic E-state index is 0.0971. The van der Waals surface area contributed by atoms with Gasteiger partial charge >= 0.3 is 5.97 Å². The van der Waals surface area contributed by atoms with Gasteiger partial charge in [-0.15, -0.1) is 0 Å². The van der Waals surface area contributed by atoms with Gasteiger partial charge in [-0.05, 0) is 98.2 Å². The Labute approximate surface area is 192 Å². The topological polar surface area (TPSA) is 26.3 Å². The summed E-state index contributed by atoms with van der Waals surface area (Å²) in [6.45, 7) is 14.1. The van der Waals surface area contributed by atoms with E-state index in [1.54, 1.807) is 6.92 Å². The first-order chi connectivity index (χ1) is 14.6. The van der Waals surface area contributed by atoms with E-state index in [2.05, 4.69) is 34.6 Å². The second-order valence-corrected chi connectivity index (χ2v) is 12.7. The number of carbonyl (C=O) groups is 1. The van der Waals surface area contributed by atoms with Crippen molar-refractivity contribution in [1.29, 1.82) is 0 Å². The largest absolute Gasteiger partial charge is 0.463 e. The molecule has 0 heterocycles. The lowest BCUT2D eigenvalue weighted by atomic mass is 9.49. The first-order valence-corrected chi connectivity index (χ1v) is 13.5. The van der Waals surface area contributed by atoms with Crippen molar-refractivity contribution in [3.05, 3.63) is 11.1 Å². The molecule has 0 aromatic heterocycles. The smallest absolute Gasteiger partial charge is 0.302 e. The maximum atomic E-state index is 11.5. The minimum atomic E-state index is -0.0971. The molecule has 0 saturated heterocycles. The molecule has 0 spiro atoms. The van der Waals surface area contributed by atoms with Gasteiger partial charge in [0, 0.05) is 6.92 Å². The Morgan fingerprint density at radius 2 is 1.81 bits per heavy atom. The molecule has 3 fully saturated rings. The van der Waals surface area contributed by atoms with E-state index in [0.717, 1.165) is 42.4 Å². The zero-order valence-electron chi connectivity index (χ0n) is 21.3. The van der Waals surface area contributed by atoms with Crippen LogP contribution < -0.4 is 0 Å². The molecule has 0 aromatic rings. The number of allylic oxidation sites excluding steroid dienone is 2. The van der Waals surface area contributed by atoms with Gasteiger partial charge in [-0.1, -0.05) is 65.0 Å². The van der Waals surface area contributed by atoms with Crippen LogP contribution in [0, 0.1) is 40.4 Å². The van der Waals surface area contributed by atoms with E-state index in [4.69, 9.17) is 4.74 Å². The van der Waals surface area contributed by atoms with Crippen LogP contribution in [0.3, 0.4) is 0 Å². The molecule has 7 atom stereocenters. The van der Waals surface area contributed by atoms with Crippen LogP contribution in [0.15, 0.2) is 11.1 Å². The van der Waals surface area contributed by atoms with E-state index in [-0.39, 0.29) is 12.1 Å². The summed E-state index contributed by atoms with van der Waals surface area (Å²) in [6, 6.07) is 0. The van der Waals surface area contributed by atoms with Crippen molar-refractivity contribution in [2.24, 2.45) is 40.4 Å². The highest BCUT2D eigenvalue weighted by Crippen LogP contribution is 2.66. The third-order valence-electron chi connectivity index (χ3n) is 10.5. The Bertz CT molecular complexity index is 706. The molecule has 4 rings (SSSR count). The monoisotopic (exact) mass is 428 g/mol. The van der Waals surface area contributed by atoms with Crippen molar-refractivity contribution in [3.63, 3.8) is 0 Å². The molecule has 2 unspecified atom stereocenters. The zero-order chi connectivity index (χ0) is 22.4. The molecular weight excluding hydrogens is 380 g/mol. The highest BCUT2D eigenvalue weighted by atomic mass is 16.5. The zero-order valence-corrected chi connectivity index (χ0v) is 21.3. The molecule has 0 aliphatic heterocycles. The molecule has 0 radical (unpaired) electrons. The van der Waals surface area contributed by atoms with E-state index < -0.39 is 0 Å². The minimum Gasteiger partial charge on any atom is -0.463 e. The summed E-state index contributed by atoms with van der Waals surface area (Å²) in [6.07, 6.45) is 16.0. The van der Waals surface area contributed by atoms with E-state index >= 15 is 0 Å². The summed E-state index contributed by atoms with van der Waals surface area (Å²) < 4.78 is 5.64. The quantitative estimate of drug-likeness (QED) is 0.315. The van der Waals surface area contributed by atoms with Crippen LogP contribution in [0.4, 0.5) is 0 Å². The number of hydrogen-bond acceptors (Lipinski definition) is 2. The summed E-state index contributed by atoms with van der Waals surface area (Å²) >= 11 is 0. The van der Waals surface area contributed by atoms with Gasteiger partial charge < -0.3 is 4.74 Å². The fourth-order valence-electron chi connectivity index (χ4n) is 8.79. The van der Waals surface area contributed by atoms with Crippen LogP contribution in [0.1, 0.15) is 119 Å². The highest BCUT2D eigenvalue weighted by Gasteiger charge is 2.55. The van der Waals surface area contributed by atoms with Crippen LogP contribution in [-0.4, -0.2) is 12.1 Å². The predicted molar refractivity (Wildman–Crippen MR) is 129 cm³/mol. The lowest BCUT2D eigenvalue weighted by molar-refractivity contribution is -0.152. The number of fused-ring (bicyclic) bond motifs is 4. The number of ether oxygens (including phenoxy) is 1. The first-order valence-electron chi connectivity index (χ1n) is 13.5. The van der Waals surface area contributed by atoms with Crippen molar-refractivity contribution < 1.29 is 9.53 Å². The van der Waals surface area contributed by atoms with Crippen molar-refractivity contribution in [3.8, 4) is 0 Å². The molecule has 4 aliphatic rings. The summed E-state index contributed by atoms with van der Waals surface area (Å²) in [5.74, 6) is 4.03. The molecule has 31 heavy (non-hydrogen) atoms. The molecule has 4 aliphatic carbocycles. The van der Waals surface area contributed by atoms with Gasteiger partial charge in [0.2, 0.25) is 0 Å². The third kappa shape index (κ3) is 4.26. The Morgan fingerprint density at radius 1 is 1.03 bits per heavy atom. The van der Waals surface area contributed by atoms with Crippen LogP contribution in [-0.2, 0) is 9.53 Å². The summed E-state index contributed by atoms with van der Waals surface area (Å²) in [5, 5.41) is 0. The molecule has 0 amide bonds. The van der Waals surface area contributed by atoms with Gasteiger partial charge in [0.25, 0.3) is 0 Å². The summed E-state index contributed by atoms with van der Waals surface area (Å²) in [5.41, 5.74) is 4.71. The molecule has 0 N–H and O–H groups in total. The SMILES string of the molecule is CC(=O)OC1CC[C@@]2(C)C(CCC3=C4CC[C@H]([C@H](C)CCCC(C)C)[C@@]4(C)CC[C@@H]32)C1. The highest BCUT2D eigenvalue weighted by molar-refractivity contribution is 5.66. The van der Waals surface area contributed by atoms with Gasteiger partial charge in [0.05, 0.1) is 0 Å². The normalized spacial score (nSPS) is 40.9. The Balaban J connectivity index is 1.50. The lowest BCUT2D eigenvalue weighted by Crippen LogP contribution is -2.48. The third-order valence-corrected chi connectivity index (χ3v) is 10.5. The fraction of sp³-hybridized carbons (Fsp3) is 0.897. The lowest BCUT2D eigenvalue weighted by Gasteiger charge is -2.57. The average molecular weight is 429 g/mol. The average Bonchev–Trinajstić information content (AvgIpc) is 3.05. The van der Waals surface area contributed by atoms with Crippen molar-refractivity contribution in [2.75, 3.05) is 0 Å². The first kappa shape index (κ1) is 23.4. The van der Waals surface area contributed by atoms with Crippen molar-refractivity contribution in [1.82, 2.24) is 0 Å². The number of rotatable bonds is 6. The summed E-state index contributed by atoms with van der Waals surface area (Å²) in [4.78, 5) is 11.5. The molecule has 0 bridgehead atoms. The van der Waals surface area contributed by atoms with Crippen molar-refractivity contribution >= 4 is 5.97 Å². The molecular formula is C29H48O2. The predicted octanol–water partition coefficient (Wildman–Crippen LogP) is 8.10. The second-order valence-electron chi connectivity index (χ2n) is 12.7. The maximum Gasteiger partial charge on any atom is 0.302 e. The van der Waals surface area contributed by atoms with Gasteiger partial charge in [-0.25, -0.2) is 0 Å². The van der Waals surface area contributed by atoms with E-state index in [0.29, 0.717) is 10.8 Å². The van der Waals surface area contributed by atoms with Crippen LogP contribution >= 0.6 is 0 Å². The number of carbonyl (C=O) groups excluding carboxylic acids is 1. The molecule has 3 saturated carbocycles. The molecule has 0 aromatic carbocycles. The maximum absolute atomic E-state index is 11.5. The second kappa shape index (κ2) is 8.86. The number of hydrogen-bond donors (Lipinski definition) is 0. The van der Waals surface area contributed by atoms with Gasteiger partial charge in [-0.2, -0.15) is 0 Å². The standard InChI is InChI=1S/C29H48O2/c1-19(2)8-7-9-20(3)25-12-13-26-24-11-10-22-18-23(31-21(4)30)14-16-28(22,5)27(24)15-17-29(25,26)6/h19-20,22-23,25,27H,7-18H2,1-6H3/t20-,22?,23?,25-,27+,28+,29-/m1/s1. The fourth-order valence-corrected chi connectivity index (χ4v) is 8.79. The van der Waals surface area contributed by atoms with E-state index in [1.807, 2.05) is 11.1 Å². The van der Waals surface area contributed by atoms with Crippen LogP contribution in [0.25, 0.3) is 0 Å². The van der Waals surface area contributed by atoms with Crippen LogP contribution in [0.5, 0.6) is 0 Å². The summed E-state index contributed by atoms with van der Waals surface area (Å²) in [7, 11) is 0. The van der Waals surface area contributed by atoms with E-state index in [1.165, 1.54) is 64.2 Å². The molecule has 176 valence electrons.